The van der Waals surface area contributed by atoms with Gasteiger partial charge in [0.2, 0.25) is 5.82 Å². The molecule has 15 heavy (non-hydrogen) atoms. The van der Waals surface area contributed by atoms with Gasteiger partial charge in [0.15, 0.2) is 0 Å². The van der Waals surface area contributed by atoms with Crippen LogP contribution in [0.25, 0.3) is 0 Å². The van der Waals surface area contributed by atoms with Gasteiger partial charge in [0.25, 0.3) is 5.56 Å². The van der Waals surface area contributed by atoms with E-state index in [9.17, 15) is 9.59 Å². The third kappa shape index (κ3) is 2.45. The van der Waals surface area contributed by atoms with Gasteiger partial charge in [-0.05, 0) is 12.3 Å². The summed E-state index contributed by atoms with van der Waals surface area (Å²) in [4.78, 5) is 24.0. The van der Waals surface area contributed by atoms with E-state index in [2.05, 4.69) is 20.5 Å². The van der Waals surface area contributed by atoms with Crippen molar-refractivity contribution in [3.05, 3.63) is 20.8 Å². The van der Waals surface area contributed by atoms with Gasteiger partial charge in [0.05, 0.1) is 0 Å². The number of anilines is 1. The lowest BCUT2D eigenvalue weighted by atomic mass is 9.83. The Morgan fingerprint density at radius 2 is 2.20 bits per heavy atom. The summed E-state index contributed by atoms with van der Waals surface area (Å²) in [6.07, 6.45) is 4.95. The number of aromatic nitrogens is 3. The molecular formula is C9H14N4O2. The van der Waals surface area contributed by atoms with Gasteiger partial charge in [-0.15, -0.1) is 5.10 Å². The molecule has 1 aliphatic rings. The molecule has 0 aliphatic heterocycles. The molecule has 1 aromatic rings. The van der Waals surface area contributed by atoms with E-state index >= 15 is 0 Å². The first-order valence-electron chi connectivity index (χ1n) is 5.18. The molecule has 3 N–H and O–H groups in total. The zero-order valence-corrected chi connectivity index (χ0v) is 8.38. The monoisotopic (exact) mass is 210 g/mol. The second-order valence-corrected chi connectivity index (χ2v) is 3.87. The Bertz CT molecular complexity index is 432. The molecule has 0 spiro atoms. The van der Waals surface area contributed by atoms with Crippen molar-refractivity contribution in [1.29, 1.82) is 0 Å². The number of nitrogens with zero attached hydrogens (tertiary/aromatic N) is 1. The second kappa shape index (κ2) is 4.29. The van der Waals surface area contributed by atoms with E-state index in [0.29, 0.717) is 0 Å². The highest BCUT2D eigenvalue weighted by atomic mass is 16.2. The number of aromatic amines is 2. The first-order valence-corrected chi connectivity index (χ1v) is 5.18. The Balaban J connectivity index is 1.87. The Morgan fingerprint density at radius 3 is 2.80 bits per heavy atom. The largest absolute Gasteiger partial charge is 0.364 e. The molecule has 2 rings (SSSR count). The molecule has 0 saturated heterocycles. The van der Waals surface area contributed by atoms with E-state index in [1.165, 1.54) is 19.3 Å². The molecule has 0 unspecified atom stereocenters. The van der Waals surface area contributed by atoms with Crippen molar-refractivity contribution in [3.63, 3.8) is 0 Å². The van der Waals surface area contributed by atoms with Crippen molar-refractivity contribution < 1.29 is 0 Å². The highest BCUT2D eigenvalue weighted by Crippen LogP contribution is 2.28. The zero-order valence-electron chi connectivity index (χ0n) is 8.38. The van der Waals surface area contributed by atoms with E-state index in [-0.39, 0.29) is 5.82 Å². The maximum atomic E-state index is 11.2. The zero-order chi connectivity index (χ0) is 10.7. The molecule has 0 aromatic carbocycles. The first-order chi connectivity index (χ1) is 7.25. The van der Waals surface area contributed by atoms with E-state index in [4.69, 9.17) is 0 Å². The topological polar surface area (TPSA) is 90.6 Å². The van der Waals surface area contributed by atoms with Crippen molar-refractivity contribution in [2.24, 2.45) is 5.92 Å². The molecule has 1 aromatic heterocycles. The minimum atomic E-state index is -0.579. The van der Waals surface area contributed by atoms with Gasteiger partial charge >= 0.3 is 5.69 Å². The van der Waals surface area contributed by atoms with Crippen LogP contribution < -0.4 is 16.6 Å². The Morgan fingerprint density at radius 1 is 1.40 bits per heavy atom. The van der Waals surface area contributed by atoms with Crippen LogP contribution in [0.5, 0.6) is 0 Å². The Labute approximate surface area is 86.1 Å². The number of hydrogen-bond donors (Lipinski definition) is 3. The van der Waals surface area contributed by atoms with Crippen molar-refractivity contribution in [2.75, 3.05) is 11.9 Å². The van der Waals surface area contributed by atoms with Crippen molar-refractivity contribution in [3.8, 4) is 0 Å². The maximum Gasteiger partial charge on any atom is 0.342 e. The van der Waals surface area contributed by atoms with Crippen LogP contribution in [-0.4, -0.2) is 21.7 Å². The summed E-state index contributed by atoms with van der Waals surface area (Å²) >= 11 is 0. The Kier molecular flexibility index (Phi) is 2.84. The lowest BCUT2D eigenvalue weighted by Gasteiger charge is -2.25. The van der Waals surface area contributed by atoms with Crippen molar-refractivity contribution in [2.45, 2.75) is 25.7 Å². The first kappa shape index (κ1) is 9.95. The fourth-order valence-electron chi connectivity index (χ4n) is 1.64. The molecule has 0 bridgehead atoms. The fourth-order valence-corrected chi connectivity index (χ4v) is 1.64. The Hall–Kier alpha value is -1.59. The highest BCUT2D eigenvalue weighted by Gasteiger charge is 2.16. The smallest absolute Gasteiger partial charge is 0.342 e. The number of nitrogens with one attached hydrogen (secondary N) is 3. The van der Waals surface area contributed by atoms with Crippen LogP contribution in [0.15, 0.2) is 9.59 Å². The van der Waals surface area contributed by atoms with E-state index in [1.807, 2.05) is 0 Å². The van der Waals surface area contributed by atoms with Crippen LogP contribution in [0, 0.1) is 5.92 Å². The molecule has 6 heteroatoms. The van der Waals surface area contributed by atoms with Crippen LogP contribution in [0.4, 0.5) is 5.82 Å². The van der Waals surface area contributed by atoms with Crippen molar-refractivity contribution >= 4 is 5.82 Å². The minimum absolute atomic E-state index is 0.189. The van der Waals surface area contributed by atoms with Crippen LogP contribution in [0.3, 0.4) is 0 Å². The fraction of sp³-hybridized carbons (Fsp3) is 0.667. The van der Waals surface area contributed by atoms with Crippen LogP contribution in [0.1, 0.15) is 25.7 Å². The van der Waals surface area contributed by atoms with E-state index < -0.39 is 11.2 Å². The van der Waals surface area contributed by atoms with Gasteiger partial charge in [-0.3, -0.25) is 9.78 Å². The molecule has 1 saturated carbocycles. The molecule has 82 valence electrons. The number of hydrogen-bond acceptors (Lipinski definition) is 4. The van der Waals surface area contributed by atoms with Crippen molar-refractivity contribution in [1.82, 2.24) is 15.2 Å². The molecular weight excluding hydrogens is 196 g/mol. The van der Waals surface area contributed by atoms with Crippen LogP contribution in [0.2, 0.25) is 0 Å². The van der Waals surface area contributed by atoms with Gasteiger partial charge in [-0.2, -0.15) is 0 Å². The third-order valence-electron chi connectivity index (χ3n) is 2.78. The summed E-state index contributed by atoms with van der Waals surface area (Å²) in [6, 6.07) is 0. The molecule has 0 atom stereocenters. The number of rotatable bonds is 4. The lowest BCUT2D eigenvalue weighted by molar-refractivity contribution is 0.303. The second-order valence-electron chi connectivity index (χ2n) is 3.87. The quantitative estimate of drug-likeness (QED) is 0.655. The molecule has 0 amide bonds. The van der Waals surface area contributed by atoms with Gasteiger partial charge < -0.3 is 5.32 Å². The maximum absolute atomic E-state index is 11.2. The summed E-state index contributed by atoms with van der Waals surface area (Å²) in [5, 5.41) is 8.72. The molecule has 1 aliphatic carbocycles. The normalized spacial score (nSPS) is 16.0. The summed E-state index contributed by atoms with van der Waals surface area (Å²) < 4.78 is 0. The lowest BCUT2D eigenvalue weighted by Crippen LogP contribution is -2.27. The number of H-pyrrole nitrogens is 2. The van der Waals surface area contributed by atoms with Crippen LogP contribution >= 0.6 is 0 Å². The van der Waals surface area contributed by atoms with Gasteiger partial charge in [-0.25, -0.2) is 9.89 Å². The van der Waals surface area contributed by atoms with E-state index in [0.717, 1.165) is 18.9 Å². The molecule has 1 fully saturated rings. The third-order valence-corrected chi connectivity index (χ3v) is 2.78. The summed E-state index contributed by atoms with van der Waals surface area (Å²) in [5.74, 6) is 0.980. The molecule has 0 radical (unpaired) electrons. The van der Waals surface area contributed by atoms with Gasteiger partial charge in [0.1, 0.15) is 0 Å². The van der Waals surface area contributed by atoms with E-state index in [1.54, 1.807) is 0 Å². The standard InChI is InChI=1S/C9H14N4O2/c14-8-7(12-13-9(15)11-8)10-5-4-6-2-1-3-6/h6H,1-5H2,(H,10,12)(H2,11,13,14,15). The molecule has 6 nitrogen and oxygen atoms in total. The summed E-state index contributed by atoms with van der Waals surface area (Å²) in [6.45, 7) is 0.729. The summed E-state index contributed by atoms with van der Waals surface area (Å²) in [7, 11) is 0. The predicted octanol–water partition coefficient (Wildman–Crippen LogP) is 0.0603. The molecule has 1 heterocycles. The minimum Gasteiger partial charge on any atom is -0.364 e. The van der Waals surface area contributed by atoms with Gasteiger partial charge in [0, 0.05) is 6.54 Å². The van der Waals surface area contributed by atoms with Gasteiger partial charge in [-0.1, -0.05) is 19.3 Å². The van der Waals surface area contributed by atoms with Crippen LogP contribution in [-0.2, 0) is 0 Å². The summed E-state index contributed by atoms with van der Waals surface area (Å²) in [5.41, 5.74) is -1.04. The predicted molar refractivity (Wildman–Crippen MR) is 55.9 cm³/mol. The SMILES string of the molecule is O=c1[nH]nc(NCCC2CCC2)c(=O)[nH]1. The average molecular weight is 210 g/mol. The average Bonchev–Trinajstić information content (AvgIpc) is 2.12. The highest BCUT2D eigenvalue weighted by molar-refractivity contribution is 5.28.